The van der Waals surface area contributed by atoms with Gasteiger partial charge < -0.3 is 4.57 Å². The van der Waals surface area contributed by atoms with Gasteiger partial charge in [0.2, 0.25) is 0 Å². The SMILES string of the molecule is Cn1cc(-c2cnn(CC3CC3)c2)c(-c2ccccc2)cc1=O. The van der Waals surface area contributed by atoms with Crippen molar-refractivity contribution in [2.75, 3.05) is 0 Å². The minimum atomic E-state index is -0.00187. The minimum Gasteiger partial charge on any atom is -0.318 e. The zero-order valence-corrected chi connectivity index (χ0v) is 13.1. The van der Waals surface area contributed by atoms with Gasteiger partial charge in [-0.15, -0.1) is 0 Å². The van der Waals surface area contributed by atoms with Crippen molar-refractivity contribution in [3.05, 3.63) is 65.3 Å². The third kappa shape index (κ3) is 2.84. The van der Waals surface area contributed by atoms with Crippen molar-refractivity contribution in [2.24, 2.45) is 13.0 Å². The fourth-order valence-electron chi connectivity index (χ4n) is 2.88. The van der Waals surface area contributed by atoms with Gasteiger partial charge in [-0.05, 0) is 29.9 Å². The Hall–Kier alpha value is -2.62. The number of nitrogens with zero attached hydrogens (tertiary/aromatic N) is 3. The summed E-state index contributed by atoms with van der Waals surface area (Å²) in [6.45, 7) is 0.992. The molecule has 3 aromatic rings. The van der Waals surface area contributed by atoms with Gasteiger partial charge in [-0.3, -0.25) is 9.48 Å². The summed E-state index contributed by atoms with van der Waals surface area (Å²) in [5.41, 5.74) is 4.10. The summed E-state index contributed by atoms with van der Waals surface area (Å²) in [7, 11) is 1.79. The Morgan fingerprint density at radius 2 is 1.87 bits per heavy atom. The first-order chi connectivity index (χ1) is 11.2. The second-order valence-electron chi connectivity index (χ2n) is 6.31. The molecule has 0 N–H and O–H groups in total. The fourth-order valence-corrected chi connectivity index (χ4v) is 2.88. The average molecular weight is 305 g/mol. The molecule has 4 heteroatoms. The summed E-state index contributed by atoms with van der Waals surface area (Å²) in [4.78, 5) is 12.1. The van der Waals surface area contributed by atoms with E-state index in [0.29, 0.717) is 0 Å². The van der Waals surface area contributed by atoms with Crippen LogP contribution in [0.4, 0.5) is 0 Å². The van der Waals surface area contributed by atoms with Gasteiger partial charge in [0.25, 0.3) is 5.56 Å². The number of hydrogen-bond acceptors (Lipinski definition) is 2. The Morgan fingerprint density at radius 1 is 1.09 bits per heavy atom. The maximum absolute atomic E-state index is 12.1. The molecule has 2 aromatic heterocycles. The highest BCUT2D eigenvalue weighted by Gasteiger charge is 2.22. The van der Waals surface area contributed by atoms with E-state index < -0.39 is 0 Å². The van der Waals surface area contributed by atoms with Gasteiger partial charge in [0, 0.05) is 43.2 Å². The monoisotopic (exact) mass is 305 g/mol. The summed E-state index contributed by atoms with van der Waals surface area (Å²) in [6, 6.07) is 11.8. The minimum absolute atomic E-state index is 0.00187. The Kier molecular flexibility index (Phi) is 3.37. The molecule has 0 aliphatic heterocycles. The molecule has 0 amide bonds. The second kappa shape index (κ2) is 5.54. The van der Waals surface area contributed by atoms with Crippen LogP contribution in [0.15, 0.2) is 59.8 Å². The Bertz CT molecular complexity index is 888. The summed E-state index contributed by atoms with van der Waals surface area (Å²) in [5, 5.41) is 4.49. The molecule has 1 aliphatic rings. The number of benzene rings is 1. The Balaban J connectivity index is 1.81. The molecule has 23 heavy (non-hydrogen) atoms. The van der Waals surface area contributed by atoms with Crippen molar-refractivity contribution in [3.8, 4) is 22.3 Å². The predicted molar refractivity (Wildman–Crippen MR) is 91.1 cm³/mol. The molecule has 0 saturated heterocycles. The first kappa shape index (κ1) is 14.0. The van der Waals surface area contributed by atoms with Gasteiger partial charge in [-0.25, -0.2) is 0 Å². The van der Waals surface area contributed by atoms with E-state index in [1.807, 2.05) is 47.4 Å². The second-order valence-corrected chi connectivity index (χ2v) is 6.31. The number of aromatic nitrogens is 3. The lowest BCUT2D eigenvalue weighted by molar-refractivity contribution is 0.563. The largest absolute Gasteiger partial charge is 0.318 e. The van der Waals surface area contributed by atoms with Crippen LogP contribution in [-0.4, -0.2) is 14.3 Å². The van der Waals surface area contributed by atoms with Gasteiger partial charge in [0.05, 0.1) is 6.20 Å². The van der Waals surface area contributed by atoms with Crippen LogP contribution in [0.1, 0.15) is 12.8 Å². The molecular weight excluding hydrogens is 286 g/mol. The molecule has 1 fully saturated rings. The van der Waals surface area contributed by atoms with E-state index in [4.69, 9.17) is 0 Å². The predicted octanol–water partition coefficient (Wildman–Crippen LogP) is 3.33. The van der Waals surface area contributed by atoms with E-state index in [2.05, 4.69) is 11.3 Å². The van der Waals surface area contributed by atoms with Crippen LogP contribution >= 0.6 is 0 Å². The first-order valence-corrected chi connectivity index (χ1v) is 7.99. The number of pyridine rings is 1. The summed E-state index contributed by atoms with van der Waals surface area (Å²) in [5.74, 6) is 0.788. The fraction of sp³-hybridized carbons (Fsp3) is 0.263. The molecular formula is C19H19N3O. The molecule has 0 spiro atoms. The van der Waals surface area contributed by atoms with Crippen molar-refractivity contribution in [1.82, 2.24) is 14.3 Å². The first-order valence-electron chi connectivity index (χ1n) is 7.99. The van der Waals surface area contributed by atoms with Crippen LogP contribution in [0.3, 0.4) is 0 Å². The van der Waals surface area contributed by atoms with Gasteiger partial charge in [0.15, 0.2) is 0 Å². The van der Waals surface area contributed by atoms with E-state index in [1.165, 1.54) is 12.8 Å². The van der Waals surface area contributed by atoms with Gasteiger partial charge in [0.1, 0.15) is 0 Å². The van der Waals surface area contributed by atoms with E-state index in [9.17, 15) is 4.79 Å². The lowest BCUT2D eigenvalue weighted by Gasteiger charge is -2.10. The highest BCUT2D eigenvalue weighted by Crippen LogP contribution is 2.33. The highest BCUT2D eigenvalue weighted by atomic mass is 16.1. The number of aryl methyl sites for hydroxylation is 1. The highest BCUT2D eigenvalue weighted by molar-refractivity contribution is 5.82. The average Bonchev–Trinajstić information content (AvgIpc) is 3.26. The van der Waals surface area contributed by atoms with Crippen LogP contribution in [0, 0.1) is 5.92 Å². The van der Waals surface area contributed by atoms with Crippen molar-refractivity contribution >= 4 is 0 Å². The maximum Gasteiger partial charge on any atom is 0.250 e. The number of hydrogen-bond donors (Lipinski definition) is 0. The molecule has 1 aliphatic carbocycles. The van der Waals surface area contributed by atoms with Crippen LogP contribution < -0.4 is 5.56 Å². The zero-order valence-electron chi connectivity index (χ0n) is 13.1. The van der Waals surface area contributed by atoms with Crippen molar-refractivity contribution in [3.63, 3.8) is 0 Å². The zero-order chi connectivity index (χ0) is 15.8. The summed E-state index contributed by atoms with van der Waals surface area (Å²) in [6.07, 6.45) is 8.51. The molecule has 1 saturated carbocycles. The lowest BCUT2D eigenvalue weighted by Crippen LogP contribution is -2.15. The number of rotatable bonds is 4. The molecule has 0 bridgehead atoms. The van der Waals surface area contributed by atoms with Gasteiger partial charge in [-0.1, -0.05) is 30.3 Å². The van der Waals surface area contributed by atoms with Crippen LogP contribution in [-0.2, 0) is 13.6 Å². The maximum atomic E-state index is 12.1. The Labute approximate surface area is 135 Å². The summed E-state index contributed by atoms with van der Waals surface area (Å²) < 4.78 is 3.65. The third-order valence-corrected chi connectivity index (χ3v) is 4.40. The van der Waals surface area contributed by atoms with Crippen LogP contribution in [0.25, 0.3) is 22.3 Å². The molecule has 116 valence electrons. The standard InChI is InChI=1S/C19H19N3O/c1-21-13-18(16-10-20-22(12-16)11-14-7-8-14)17(9-19(21)23)15-5-3-2-4-6-15/h2-6,9-10,12-14H,7-8,11H2,1H3. The molecule has 4 nitrogen and oxygen atoms in total. The lowest BCUT2D eigenvalue weighted by atomic mass is 9.98. The van der Waals surface area contributed by atoms with Crippen LogP contribution in [0.5, 0.6) is 0 Å². The van der Waals surface area contributed by atoms with E-state index in [-0.39, 0.29) is 5.56 Å². The van der Waals surface area contributed by atoms with Crippen molar-refractivity contribution < 1.29 is 0 Å². The van der Waals surface area contributed by atoms with Gasteiger partial charge >= 0.3 is 0 Å². The Morgan fingerprint density at radius 3 is 2.61 bits per heavy atom. The quantitative estimate of drug-likeness (QED) is 0.742. The molecule has 1 aromatic carbocycles. The van der Waals surface area contributed by atoms with E-state index in [1.54, 1.807) is 17.7 Å². The molecule has 2 heterocycles. The van der Waals surface area contributed by atoms with Gasteiger partial charge in [-0.2, -0.15) is 5.10 Å². The summed E-state index contributed by atoms with van der Waals surface area (Å²) >= 11 is 0. The smallest absolute Gasteiger partial charge is 0.250 e. The van der Waals surface area contributed by atoms with E-state index in [0.717, 1.165) is 34.7 Å². The molecule has 0 atom stereocenters. The molecule has 4 rings (SSSR count). The molecule has 0 radical (unpaired) electrons. The van der Waals surface area contributed by atoms with Crippen molar-refractivity contribution in [2.45, 2.75) is 19.4 Å². The third-order valence-electron chi connectivity index (χ3n) is 4.40. The van der Waals surface area contributed by atoms with Crippen LogP contribution in [0.2, 0.25) is 0 Å². The molecule has 0 unspecified atom stereocenters. The topological polar surface area (TPSA) is 39.8 Å². The van der Waals surface area contributed by atoms with E-state index >= 15 is 0 Å². The normalized spacial score (nSPS) is 14.1. The van der Waals surface area contributed by atoms with Crippen molar-refractivity contribution in [1.29, 1.82) is 0 Å².